The molecule has 0 amide bonds. The summed E-state index contributed by atoms with van der Waals surface area (Å²) < 4.78 is 5.39. The maximum absolute atomic E-state index is 8.59. The van der Waals surface area contributed by atoms with E-state index >= 15 is 0 Å². The number of aryl methyl sites for hydroxylation is 1. The van der Waals surface area contributed by atoms with Gasteiger partial charge in [0.2, 0.25) is 0 Å². The van der Waals surface area contributed by atoms with Crippen molar-refractivity contribution in [1.82, 2.24) is 0 Å². The summed E-state index contributed by atoms with van der Waals surface area (Å²) in [6.45, 7) is 2.15. The van der Waals surface area contributed by atoms with Crippen LogP contribution in [0.15, 0.2) is 16.5 Å². The highest BCUT2D eigenvalue weighted by Crippen LogP contribution is 2.18. The fourth-order valence-electron chi connectivity index (χ4n) is 1.27. The number of nitrogens with two attached hydrogens (primary N) is 1. The smallest absolute Gasteiger partial charge is 0.120 e. The summed E-state index contributed by atoms with van der Waals surface area (Å²) in [5.41, 5.74) is 5.87. The molecule has 0 bridgehead atoms. The summed E-state index contributed by atoms with van der Waals surface area (Å²) in [6, 6.07) is 3.81. The van der Waals surface area contributed by atoms with Crippen LogP contribution in [0.5, 0.6) is 0 Å². The van der Waals surface area contributed by atoms with Gasteiger partial charge in [-0.1, -0.05) is 0 Å². The van der Waals surface area contributed by atoms with Gasteiger partial charge in [0.15, 0.2) is 0 Å². The first-order chi connectivity index (χ1) is 6.24. The number of aliphatic hydroxyl groups excluding tert-OH is 1. The zero-order valence-corrected chi connectivity index (χ0v) is 7.99. The summed E-state index contributed by atoms with van der Waals surface area (Å²) in [7, 11) is 0. The second-order valence-corrected chi connectivity index (χ2v) is 3.27. The van der Waals surface area contributed by atoms with Gasteiger partial charge >= 0.3 is 0 Å². The molecule has 0 saturated carbocycles. The Hall–Kier alpha value is -0.800. The van der Waals surface area contributed by atoms with Crippen molar-refractivity contribution in [1.29, 1.82) is 0 Å². The largest absolute Gasteiger partial charge is 0.465 e. The van der Waals surface area contributed by atoms with Crippen LogP contribution in [-0.4, -0.2) is 11.7 Å². The summed E-state index contributed by atoms with van der Waals surface area (Å²) >= 11 is 0. The molecule has 0 unspecified atom stereocenters. The lowest BCUT2D eigenvalue weighted by Crippen LogP contribution is -2.09. The standard InChI is InChI=1S/C10H17NO2/c1-8-5-6-10(13-8)9(11)4-2-3-7-12/h5-6,9,12H,2-4,7,11H2,1H3/t9-/m1/s1. The normalized spacial score (nSPS) is 13.2. The zero-order valence-electron chi connectivity index (χ0n) is 7.99. The highest BCUT2D eigenvalue weighted by atomic mass is 16.3. The lowest BCUT2D eigenvalue weighted by atomic mass is 10.1. The van der Waals surface area contributed by atoms with Crippen molar-refractivity contribution in [3.63, 3.8) is 0 Å². The molecule has 0 aliphatic carbocycles. The van der Waals surface area contributed by atoms with Gasteiger partial charge in [-0.05, 0) is 38.3 Å². The molecule has 1 rings (SSSR count). The topological polar surface area (TPSA) is 59.4 Å². The Kier molecular flexibility index (Phi) is 3.99. The second-order valence-electron chi connectivity index (χ2n) is 3.27. The van der Waals surface area contributed by atoms with Gasteiger partial charge in [-0.25, -0.2) is 0 Å². The monoisotopic (exact) mass is 183 g/mol. The third-order valence-corrected chi connectivity index (χ3v) is 2.05. The van der Waals surface area contributed by atoms with Crippen LogP contribution >= 0.6 is 0 Å². The Bertz CT molecular complexity index is 245. The predicted molar refractivity (Wildman–Crippen MR) is 51.3 cm³/mol. The quantitative estimate of drug-likeness (QED) is 0.684. The van der Waals surface area contributed by atoms with Crippen molar-refractivity contribution in [3.05, 3.63) is 23.7 Å². The average Bonchev–Trinajstić information content (AvgIpc) is 2.52. The van der Waals surface area contributed by atoms with Crippen LogP contribution in [-0.2, 0) is 0 Å². The fraction of sp³-hybridized carbons (Fsp3) is 0.600. The van der Waals surface area contributed by atoms with Crippen molar-refractivity contribution in [2.24, 2.45) is 5.73 Å². The summed E-state index contributed by atoms with van der Waals surface area (Å²) in [6.07, 6.45) is 2.62. The number of furan rings is 1. The van der Waals surface area contributed by atoms with E-state index in [0.29, 0.717) is 0 Å². The van der Waals surface area contributed by atoms with Crippen LogP contribution in [0.3, 0.4) is 0 Å². The van der Waals surface area contributed by atoms with Gasteiger partial charge in [-0.3, -0.25) is 0 Å². The Morgan fingerprint density at radius 1 is 1.46 bits per heavy atom. The van der Waals surface area contributed by atoms with Crippen LogP contribution in [0.2, 0.25) is 0 Å². The maximum atomic E-state index is 8.59. The molecule has 1 atom stereocenters. The lowest BCUT2D eigenvalue weighted by Gasteiger charge is -2.07. The molecular weight excluding hydrogens is 166 g/mol. The molecule has 0 aromatic carbocycles. The van der Waals surface area contributed by atoms with Crippen LogP contribution in [0.1, 0.15) is 36.8 Å². The van der Waals surface area contributed by atoms with E-state index < -0.39 is 0 Å². The molecule has 1 aromatic rings. The van der Waals surface area contributed by atoms with Gasteiger partial charge in [0.1, 0.15) is 11.5 Å². The summed E-state index contributed by atoms with van der Waals surface area (Å²) in [4.78, 5) is 0. The minimum absolute atomic E-state index is 0.0275. The SMILES string of the molecule is Cc1ccc([C@H](N)CCCCO)o1. The molecule has 0 aliphatic rings. The minimum atomic E-state index is -0.0275. The van der Waals surface area contributed by atoms with E-state index in [1.54, 1.807) is 0 Å². The van der Waals surface area contributed by atoms with Gasteiger partial charge in [0, 0.05) is 6.61 Å². The van der Waals surface area contributed by atoms with Gasteiger partial charge in [0.25, 0.3) is 0 Å². The van der Waals surface area contributed by atoms with E-state index in [9.17, 15) is 0 Å². The van der Waals surface area contributed by atoms with E-state index in [2.05, 4.69) is 0 Å². The number of hydrogen-bond donors (Lipinski definition) is 2. The Balaban J connectivity index is 2.35. The Labute approximate surface area is 78.5 Å². The molecule has 3 N–H and O–H groups in total. The minimum Gasteiger partial charge on any atom is -0.465 e. The van der Waals surface area contributed by atoms with Crippen molar-refractivity contribution < 1.29 is 9.52 Å². The molecule has 0 saturated heterocycles. The van der Waals surface area contributed by atoms with E-state index in [0.717, 1.165) is 30.8 Å². The first kappa shape index (κ1) is 10.3. The van der Waals surface area contributed by atoms with E-state index in [-0.39, 0.29) is 12.6 Å². The van der Waals surface area contributed by atoms with E-state index in [1.807, 2.05) is 19.1 Å². The fourth-order valence-corrected chi connectivity index (χ4v) is 1.27. The molecule has 0 spiro atoms. The lowest BCUT2D eigenvalue weighted by molar-refractivity contribution is 0.279. The highest BCUT2D eigenvalue weighted by molar-refractivity contribution is 5.08. The zero-order chi connectivity index (χ0) is 9.68. The van der Waals surface area contributed by atoms with Crippen molar-refractivity contribution in [2.45, 2.75) is 32.2 Å². The molecule has 3 nitrogen and oxygen atoms in total. The second kappa shape index (κ2) is 5.04. The van der Waals surface area contributed by atoms with Gasteiger partial charge in [-0.15, -0.1) is 0 Å². The third-order valence-electron chi connectivity index (χ3n) is 2.05. The molecule has 74 valence electrons. The Morgan fingerprint density at radius 3 is 2.77 bits per heavy atom. The Morgan fingerprint density at radius 2 is 2.23 bits per heavy atom. The van der Waals surface area contributed by atoms with E-state index in [1.165, 1.54) is 0 Å². The first-order valence-electron chi connectivity index (χ1n) is 4.67. The number of aliphatic hydroxyl groups is 1. The average molecular weight is 183 g/mol. The van der Waals surface area contributed by atoms with Gasteiger partial charge in [-0.2, -0.15) is 0 Å². The summed E-state index contributed by atoms with van der Waals surface area (Å²) in [5, 5.41) is 8.59. The van der Waals surface area contributed by atoms with E-state index in [4.69, 9.17) is 15.3 Å². The van der Waals surface area contributed by atoms with Crippen molar-refractivity contribution in [3.8, 4) is 0 Å². The van der Waals surface area contributed by atoms with Crippen LogP contribution < -0.4 is 5.73 Å². The van der Waals surface area contributed by atoms with Crippen molar-refractivity contribution >= 4 is 0 Å². The molecule has 13 heavy (non-hydrogen) atoms. The highest BCUT2D eigenvalue weighted by Gasteiger charge is 2.08. The van der Waals surface area contributed by atoms with Gasteiger partial charge < -0.3 is 15.3 Å². The van der Waals surface area contributed by atoms with Crippen LogP contribution in [0, 0.1) is 6.92 Å². The molecule has 3 heteroatoms. The maximum Gasteiger partial charge on any atom is 0.120 e. The first-order valence-corrected chi connectivity index (χ1v) is 4.67. The van der Waals surface area contributed by atoms with Crippen LogP contribution in [0.25, 0.3) is 0 Å². The number of hydrogen-bond acceptors (Lipinski definition) is 3. The molecule has 1 heterocycles. The molecule has 1 aromatic heterocycles. The predicted octanol–water partition coefficient (Wildman–Crippen LogP) is 1.75. The number of rotatable bonds is 5. The molecule has 0 fully saturated rings. The van der Waals surface area contributed by atoms with Gasteiger partial charge in [0.05, 0.1) is 6.04 Å². The third kappa shape index (κ3) is 3.20. The molecule has 0 aliphatic heterocycles. The van der Waals surface area contributed by atoms with Crippen molar-refractivity contribution in [2.75, 3.05) is 6.61 Å². The summed E-state index contributed by atoms with van der Waals surface area (Å²) in [5.74, 6) is 1.74. The number of unbranched alkanes of at least 4 members (excludes halogenated alkanes) is 1. The van der Waals surface area contributed by atoms with Crippen LogP contribution in [0.4, 0.5) is 0 Å². The molecular formula is C10H17NO2. The molecule has 0 radical (unpaired) electrons.